The topological polar surface area (TPSA) is 107 Å². The highest BCUT2D eigenvalue weighted by Crippen LogP contribution is 2.31. The lowest BCUT2D eigenvalue weighted by Crippen LogP contribution is -2.37. The van der Waals surface area contributed by atoms with E-state index in [-0.39, 0.29) is 23.4 Å². The molecule has 1 atom stereocenters. The molecule has 1 aromatic heterocycles. The Morgan fingerprint density at radius 2 is 2.02 bits per heavy atom. The van der Waals surface area contributed by atoms with Crippen LogP contribution in [0.4, 0.5) is 16.2 Å². The van der Waals surface area contributed by atoms with Gasteiger partial charge in [-0.3, -0.25) is 4.99 Å². The van der Waals surface area contributed by atoms with Gasteiger partial charge >= 0.3 is 0 Å². The van der Waals surface area contributed by atoms with Gasteiger partial charge in [-0.1, -0.05) is 55.8 Å². The van der Waals surface area contributed by atoms with Crippen molar-refractivity contribution in [1.29, 1.82) is 0 Å². The average Bonchev–Trinajstić information content (AvgIpc) is 3.18. The van der Waals surface area contributed by atoms with Gasteiger partial charge in [-0.05, 0) is 74.6 Å². The summed E-state index contributed by atoms with van der Waals surface area (Å²) in [6.45, 7) is 10.6. The summed E-state index contributed by atoms with van der Waals surface area (Å²) in [5.41, 5.74) is 6.39. The highest BCUT2D eigenvalue weighted by Gasteiger charge is 2.18. The Morgan fingerprint density at radius 3 is 2.80 bits per heavy atom. The minimum Gasteiger partial charge on any atom is -0.508 e. The third kappa shape index (κ3) is 11.9. The second kappa shape index (κ2) is 20.0. The van der Waals surface area contributed by atoms with Crippen LogP contribution in [-0.2, 0) is 4.74 Å². The first-order valence-corrected chi connectivity index (χ1v) is 16.0. The minimum atomic E-state index is -0.487. The van der Waals surface area contributed by atoms with E-state index >= 15 is 0 Å². The normalized spacial score (nSPS) is 20.3. The summed E-state index contributed by atoms with van der Waals surface area (Å²) in [4.78, 5) is 14.6. The minimum absolute atomic E-state index is 0.103. The number of morpholine rings is 1. The van der Waals surface area contributed by atoms with Crippen LogP contribution in [0.3, 0.4) is 0 Å². The Balaban J connectivity index is 0.00000282. The molecule has 0 aromatic carbocycles. The van der Waals surface area contributed by atoms with Crippen molar-refractivity contribution in [3.8, 4) is 0 Å². The Labute approximate surface area is 277 Å². The van der Waals surface area contributed by atoms with Crippen molar-refractivity contribution in [2.24, 2.45) is 16.0 Å². The molecule has 1 saturated heterocycles. The molecule has 2 heterocycles. The first-order valence-electron chi connectivity index (χ1n) is 15.7. The molecule has 1 aliphatic heterocycles. The number of hydrogen-bond donors (Lipinski definition) is 3. The molecule has 3 aliphatic rings. The molecule has 0 radical (unpaired) electrons. The Hall–Kier alpha value is -4.28. The van der Waals surface area contributed by atoms with E-state index in [1.54, 1.807) is 24.6 Å². The van der Waals surface area contributed by atoms with E-state index < -0.39 is 5.82 Å². The highest BCUT2D eigenvalue weighted by molar-refractivity contribution is 6.36. The number of allylic oxidation sites excluding steroid dienone is 12. The van der Waals surface area contributed by atoms with Crippen LogP contribution in [0.2, 0.25) is 0 Å². The molecule has 1 fully saturated rings. The Morgan fingerprint density at radius 1 is 1.22 bits per heavy atom. The summed E-state index contributed by atoms with van der Waals surface area (Å²) in [7, 11) is 0. The van der Waals surface area contributed by atoms with Crippen molar-refractivity contribution < 1.29 is 14.2 Å². The summed E-state index contributed by atoms with van der Waals surface area (Å²) in [5, 5.41) is 18.3. The van der Waals surface area contributed by atoms with Crippen LogP contribution in [0, 0.1) is 11.7 Å². The van der Waals surface area contributed by atoms with Gasteiger partial charge in [0.05, 0.1) is 31.3 Å². The summed E-state index contributed by atoms with van der Waals surface area (Å²) < 4.78 is 19.6. The van der Waals surface area contributed by atoms with Crippen molar-refractivity contribution >= 4 is 35.3 Å². The fourth-order valence-corrected chi connectivity index (χ4v) is 4.94. The molecule has 4 rings (SSSR count). The number of hydrazone groups is 1. The second-order valence-electron chi connectivity index (χ2n) is 10.3. The van der Waals surface area contributed by atoms with Crippen LogP contribution in [0.25, 0.3) is 0 Å². The maximum Gasteiger partial charge on any atom is 0.245 e. The van der Waals surface area contributed by atoms with E-state index in [0.29, 0.717) is 50.0 Å². The molecule has 1 unspecified atom stereocenters. The van der Waals surface area contributed by atoms with Gasteiger partial charge in [0.25, 0.3) is 0 Å². The third-order valence-corrected chi connectivity index (χ3v) is 7.28. The van der Waals surface area contributed by atoms with Gasteiger partial charge in [-0.15, -0.1) is 0 Å². The quantitative estimate of drug-likeness (QED) is 0.136. The lowest BCUT2D eigenvalue weighted by molar-refractivity contribution is 0.122. The monoisotopic (exact) mass is 649 g/mol. The highest BCUT2D eigenvalue weighted by atomic mass is 35.5. The first-order chi connectivity index (χ1) is 22.4. The number of anilines is 2. The van der Waals surface area contributed by atoms with Crippen LogP contribution in [0.1, 0.15) is 47.0 Å². The van der Waals surface area contributed by atoms with E-state index in [9.17, 15) is 9.50 Å². The fourth-order valence-electron chi connectivity index (χ4n) is 4.60. The molecule has 1 aromatic rings. The average molecular weight is 650 g/mol. The fraction of sp³-hybridized carbons (Fsp3) is 0.371. The second-order valence-corrected chi connectivity index (χ2v) is 10.7. The lowest BCUT2D eigenvalue weighted by atomic mass is 9.92. The molecule has 0 saturated carbocycles. The Kier molecular flexibility index (Phi) is 15.7. The number of aromatic nitrogens is 2. The summed E-state index contributed by atoms with van der Waals surface area (Å²) in [6, 6.07) is 0. The zero-order valence-electron chi connectivity index (χ0n) is 27.1. The van der Waals surface area contributed by atoms with Gasteiger partial charge in [0.15, 0.2) is 11.6 Å². The Bertz CT molecular complexity index is 1460. The summed E-state index contributed by atoms with van der Waals surface area (Å²) in [5.74, 6) is 0.298. The number of aliphatic hydroxyl groups excluding tert-OH is 1. The SMILES string of the molecule is CC.CC=CC(C=NNc1ncc(F)c(N2CCOCC2)n1)=N/C=C(\C)CNC1=CC(Cl)=C(C2C=CC(O)=CC/C=C\C2)CC=C1. The number of rotatable bonds is 10. The van der Waals surface area contributed by atoms with E-state index in [2.05, 4.69) is 49.0 Å². The first kappa shape index (κ1) is 36.2. The maximum absolute atomic E-state index is 14.3. The zero-order chi connectivity index (χ0) is 33.1. The van der Waals surface area contributed by atoms with E-state index in [4.69, 9.17) is 16.3 Å². The number of halogens is 2. The molecule has 11 heteroatoms. The van der Waals surface area contributed by atoms with Crippen molar-refractivity contribution in [2.75, 3.05) is 43.2 Å². The molecule has 3 N–H and O–H groups in total. The summed E-state index contributed by atoms with van der Waals surface area (Å²) >= 11 is 6.78. The van der Waals surface area contributed by atoms with Gasteiger partial charge in [0.2, 0.25) is 5.95 Å². The van der Waals surface area contributed by atoms with Crippen molar-refractivity contribution in [1.82, 2.24) is 15.3 Å². The standard InChI is InChI=1S/C33H39ClFN7O2.C2H6/c1-3-8-27(22-39-41-33-38-23-31(35)32(40-33)42-15-17-44-18-16-42)37-21-24(2)20-36-26-10-7-12-29(30(34)19-26)25-9-5-4-6-11-28(43)14-13-25;1-2/h3-5,7-8,10-11,13-14,19,21-23,25,36,43H,6,9,12,15-18,20H2,1-2H3,(H,38,40,41);1-2H3/b5-4-,8-3?,14-13?,24-21+,28-11?,37-27?,39-22?;. The van der Waals surface area contributed by atoms with Crippen LogP contribution in [0.5, 0.6) is 0 Å². The number of hydrogen-bond acceptors (Lipinski definition) is 9. The van der Waals surface area contributed by atoms with E-state index in [0.717, 1.165) is 35.9 Å². The van der Waals surface area contributed by atoms with Crippen molar-refractivity contribution in [3.63, 3.8) is 0 Å². The number of nitrogens with zero attached hydrogens (tertiary/aromatic N) is 5. The number of ether oxygens (including phenoxy) is 1. The predicted molar refractivity (Wildman–Crippen MR) is 189 cm³/mol. The van der Waals surface area contributed by atoms with Gasteiger partial charge in [-0.2, -0.15) is 10.1 Å². The van der Waals surface area contributed by atoms with Crippen LogP contribution < -0.4 is 15.6 Å². The molecule has 0 bridgehead atoms. The number of aliphatic hydroxyl groups is 1. The van der Waals surface area contributed by atoms with Crippen LogP contribution in [-0.4, -0.2) is 59.8 Å². The van der Waals surface area contributed by atoms with Gasteiger partial charge in [0, 0.05) is 42.5 Å². The molecule has 0 amide bonds. The number of nitrogens with one attached hydrogen (secondary N) is 2. The van der Waals surface area contributed by atoms with E-state index in [1.807, 2.05) is 63.0 Å². The molecule has 2 aliphatic carbocycles. The lowest BCUT2D eigenvalue weighted by Gasteiger charge is -2.27. The smallest absolute Gasteiger partial charge is 0.245 e. The molecular formula is C35H45ClFN7O2. The van der Waals surface area contributed by atoms with Crippen molar-refractivity contribution in [3.05, 3.63) is 107 Å². The molecule has 0 spiro atoms. The molecule has 246 valence electrons. The number of aliphatic imine (C=N–C) groups is 1. The van der Waals surface area contributed by atoms with Gasteiger partial charge < -0.3 is 20.1 Å². The van der Waals surface area contributed by atoms with E-state index in [1.165, 1.54) is 0 Å². The van der Waals surface area contributed by atoms with Crippen molar-refractivity contribution in [2.45, 2.75) is 47.0 Å². The third-order valence-electron chi connectivity index (χ3n) is 6.93. The van der Waals surface area contributed by atoms with Gasteiger partial charge in [-0.25, -0.2) is 14.8 Å². The molecule has 46 heavy (non-hydrogen) atoms. The predicted octanol–water partition coefficient (Wildman–Crippen LogP) is 7.69. The largest absolute Gasteiger partial charge is 0.508 e. The zero-order valence-corrected chi connectivity index (χ0v) is 27.8. The molecule has 9 nitrogen and oxygen atoms in total. The van der Waals surface area contributed by atoms with Gasteiger partial charge in [0.1, 0.15) is 5.76 Å². The van der Waals surface area contributed by atoms with Crippen LogP contribution in [0.15, 0.2) is 111 Å². The maximum atomic E-state index is 14.3. The molecular weight excluding hydrogens is 605 g/mol. The summed E-state index contributed by atoms with van der Waals surface area (Å²) in [6.07, 6.45) is 26.2. The van der Waals surface area contributed by atoms with Crippen LogP contribution >= 0.6 is 11.6 Å².